The smallest absolute Gasteiger partial charge is 0.333 e. The third-order valence-electron chi connectivity index (χ3n) is 2.14. The van der Waals surface area contributed by atoms with Crippen molar-refractivity contribution in [2.45, 2.75) is 60.0 Å². The normalized spacial score (nSPS) is 11.1. The second-order valence-corrected chi connectivity index (χ2v) is 4.01. The van der Waals surface area contributed by atoms with Gasteiger partial charge in [0.2, 0.25) is 0 Å². The first kappa shape index (κ1) is 18.5. The fourth-order valence-electron chi connectivity index (χ4n) is 0.625. The van der Waals surface area contributed by atoms with Gasteiger partial charge < -0.3 is 9.47 Å². The van der Waals surface area contributed by atoms with Crippen LogP contribution < -0.4 is 0 Å². The van der Waals surface area contributed by atoms with Crippen LogP contribution in [0.25, 0.3) is 0 Å². The van der Waals surface area contributed by atoms with Crippen LogP contribution in [0.15, 0.2) is 12.2 Å². The van der Waals surface area contributed by atoms with Gasteiger partial charge in [0.15, 0.2) is 0 Å². The van der Waals surface area contributed by atoms with Crippen molar-refractivity contribution in [3.63, 3.8) is 0 Å². The van der Waals surface area contributed by atoms with Gasteiger partial charge in [0.05, 0.1) is 12.7 Å². The summed E-state index contributed by atoms with van der Waals surface area (Å²) >= 11 is 0. The zero-order valence-electron chi connectivity index (χ0n) is 12.0. The lowest BCUT2D eigenvalue weighted by molar-refractivity contribution is -0.141. The van der Waals surface area contributed by atoms with E-state index in [9.17, 15) is 4.79 Å². The molecule has 0 saturated heterocycles. The molecule has 0 heterocycles. The molecule has 0 aliphatic rings. The van der Waals surface area contributed by atoms with E-state index in [0.717, 1.165) is 6.42 Å². The molecule has 0 aliphatic carbocycles. The van der Waals surface area contributed by atoms with Crippen LogP contribution in [0, 0.1) is 0 Å². The van der Waals surface area contributed by atoms with Crippen molar-refractivity contribution in [2.75, 3.05) is 13.2 Å². The van der Waals surface area contributed by atoms with Gasteiger partial charge in [0, 0.05) is 5.57 Å². The Balaban J connectivity index is 0. The molecule has 0 aromatic carbocycles. The lowest BCUT2D eigenvalue weighted by atomic mass is 10.3. The van der Waals surface area contributed by atoms with Crippen LogP contribution in [0.3, 0.4) is 0 Å². The lowest BCUT2D eigenvalue weighted by Crippen LogP contribution is -2.14. The molecule has 0 aliphatic heterocycles. The van der Waals surface area contributed by atoms with Crippen LogP contribution in [0.4, 0.5) is 0 Å². The molecule has 3 heteroatoms. The Morgan fingerprint density at radius 1 is 1.18 bits per heavy atom. The van der Waals surface area contributed by atoms with Crippen molar-refractivity contribution in [1.29, 1.82) is 0 Å². The Bertz CT molecular complexity index is 198. The van der Waals surface area contributed by atoms with E-state index in [1.165, 1.54) is 12.8 Å². The number of hydrogen-bond donors (Lipinski definition) is 0. The summed E-state index contributed by atoms with van der Waals surface area (Å²) in [5, 5.41) is 0. The predicted molar refractivity (Wildman–Crippen MR) is 72.1 cm³/mol. The highest BCUT2D eigenvalue weighted by Gasteiger charge is 2.03. The molecular weight excluding hydrogens is 216 g/mol. The number of ether oxygens (including phenoxy) is 2. The van der Waals surface area contributed by atoms with Gasteiger partial charge >= 0.3 is 5.97 Å². The lowest BCUT2D eigenvalue weighted by Gasteiger charge is -2.10. The van der Waals surface area contributed by atoms with E-state index in [0.29, 0.717) is 18.8 Å². The average molecular weight is 244 g/mol. The van der Waals surface area contributed by atoms with Gasteiger partial charge in [-0.05, 0) is 20.3 Å². The second kappa shape index (κ2) is 13.2. The van der Waals surface area contributed by atoms with Gasteiger partial charge in [-0.3, -0.25) is 0 Å². The highest BCUT2D eigenvalue weighted by molar-refractivity contribution is 5.86. The maximum atomic E-state index is 10.9. The molecule has 3 nitrogen and oxygen atoms in total. The summed E-state index contributed by atoms with van der Waals surface area (Å²) in [5.41, 5.74) is 0.420. The first-order chi connectivity index (χ1) is 7.99. The highest BCUT2D eigenvalue weighted by Crippen LogP contribution is 1.96. The first-order valence-electron chi connectivity index (χ1n) is 6.43. The molecule has 17 heavy (non-hydrogen) atoms. The number of carbonyl (C=O) groups excluding carboxylic acids is 1. The van der Waals surface area contributed by atoms with Crippen LogP contribution >= 0.6 is 0 Å². The SMILES string of the molecule is C=C(C)C(=O)OCCOC(C)CC.CCCC. The van der Waals surface area contributed by atoms with Crippen molar-refractivity contribution in [3.05, 3.63) is 12.2 Å². The molecule has 0 bridgehead atoms. The van der Waals surface area contributed by atoms with Crippen LogP contribution in [0.1, 0.15) is 53.9 Å². The van der Waals surface area contributed by atoms with Crippen LogP contribution in [0.5, 0.6) is 0 Å². The monoisotopic (exact) mass is 244 g/mol. The molecule has 0 radical (unpaired) electrons. The zero-order valence-corrected chi connectivity index (χ0v) is 12.0. The standard InChI is InChI=1S/C10H18O3.C4H10/c1-5-9(4)12-6-7-13-10(11)8(2)3;1-3-4-2/h9H,2,5-7H2,1,3-4H3;3-4H2,1-2H3. The summed E-state index contributed by atoms with van der Waals surface area (Å²) in [7, 11) is 0. The Hall–Kier alpha value is -0.830. The number of esters is 1. The van der Waals surface area contributed by atoms with Crippen molar-refractivity contribution in [1.82, 2.24) is 0 Å². The summed E-state index contributed by atoms with van der Waals surface area (Å²) in [5.74, 6) is -0.354. The number of carbonyl (C=O) groups is 1. The van der Waals surface area contributed by atoms with E-state index < -0.39 is 0 Å². The largest absolute Gasteiger partial charge is 0.460 e. The van der Waals surface area contributed by atoms with Gasteiger partial charge in [-0.25, -0.2) is 4.79 Å². The zero-order chi connectivity index (χ0) is 13.7. The van der Waals surface area contributed by atoms with Crippen LogP contribution in [-0.4, -0.2) is 25.3 Å². The number of rotatable bonds is 7. The molecule has 0 amide bonds. The topological polar surface area (TPSA) is 35.5 Å². The molecule has 102 valence electrons. The molecule has 1 unspecified atom stereocenters. The van der Waals surface area contributed by atoms with E-state index in [1.54, 1.807) is 6.92 Å². The van der Waals surface area contributed by atoms with Gasteiger partial charge in [-0.1, -0.05) is 40.2 Å². The van der Waals surface area contributed by atoms with E-state index >= 15 is 0 Å². The van der Waals surface area contributed by atoms with Gasteiger partial charge in [-0.2, -0.15) is 0 Å². The molecule has 0 rings (SSSR count). The molecule has 0 aromatic heterocycles. The number of unbranched alkanes of at least 4 members (excludes halogenated alkanes) is 1. The van der Waals surface area contributed by atoms with Crippen LogP contribution in [-0.2, 0) is 14.3 Å². The molecule has 0 spiro atoms. The maximum Gasteiger partial charge on any atom is 0.333 e. The molecule has 0 N–H and O–H groups in total. The Morgan fingerprint density at radius 2 is 1.71 bits per heavy atom. The highest BCUT2D eigenvalue weighted by atomic mass is 16.6. The Kier molecular flexibility index (Phi) is 14.4. The molecular formula is C14H28O3. The van der Waals surface area contributed by atoms with Crippen molar-refractivity contribution in [2.24, 2.45) is 0 Å². The minimum Gasteiger partial charge on any atom is -0.460 e. The second-order valence-electron chi connectivity index (χ2n) is 4.01. The summed E-state index contributed by atoms with van der Waals surface area (Å²) < 4.78 is 10.1. The van der Waals surface area contributed by atoms with Crippen LogP contribution in [0.2, 0.25) is 0 Å². The summed E-state index contributed by atoms with van der Waals surface area (Å²) in [6, 6.07) is 0. The Morgan fingerprint density at radius 3 is 2.06 bits per heavy atom. The minimum absolute atomic E-state index is 0.225. The maximum absolute atomic E-state index is 10.9. The number of hydrogen-bond acceptors (Lipinski definition) is 3. The Labute approximate surface area is 106 Å². The molecule has 0 saturated carbocycles. The quantitative estimate of drug-likeness (QED) is 0.389. The molecule has 0 fully saturated rings. The van der Waals surface area contributed by atoms with Crippen molar-refractivity contribution in [3.8, 4) is 0 Å². The summed E-state index contributed by atoms with van der Waals surface area (Å²) in [4.78, 5) is 10.9. The van der Waals surface area contributed by atoms with Gasteiger partial charge in [-0.15, -0.1) is 0 Å². The third kappa shape index (κ3) is 15.2. The summed E-state index contributed by atoms with van der Waals surface area (Å²) in [6.45, 7) is 14.2. The van der Waals surface area contributed by atoms with E-state index in [4.69, 9.17) is 9.47 Å². The van der Waals surface area contributed by atoms with Gasteiger partial charge in [0.1, 0.15) is 6.61 Å². The summed E-state index contributed by atoms with van der Waals surface area (Å²) in [6.07, 6.45) is 3.83. The van der Waals surface area contributed by atoms with Crippen molar-refractivity contribution < 1.29 is 14.3 Å². The van der Waals surface area contributed by atoms with Crippen molar-refractivity contribution >= 4 is 5.97 Å². The molecule has 0 aromatic rings. The third-order valence-corrected chi connectivity index (χ3v) is 2.14. The average Bonchev–Trinajstić information content (AvgIpc) is 2.33. The van der Waals surface area contributed by atoms with Gasteiger partial charge in [0.25, 0.3) is 0 Å². The fraction of sp³-hybridized carbons (Fsp3) is 0.786. The molecule has 1 atom stereocenters. The van der Waals surface area contributed by atoms with E-state index in [-0.39, 0.29) is 12.1 Å². The van der Waals surface area contributed by atoms with E-state index in [2.05, 4.69) is 20.4 Å². The predicted octanol–water partition coefficient (Wildman–Crippen LogP) is 3.73. The fourth-order valence-corrected chi connectivity index (χ4v) is 0.625. The van der Waals surface area contributed by atoms with E-state index in [1.807, 2.05) is 13.8 Å². The minimum atomic E-state index is -0.354. The first-order valence-corrected chi connectivity index (χ1v) is 6.43.